The molecular weight excluding hydrogens is 270 g/mol. The van der Waals surface area contributed by atoms with Crippen LogP contribution in [0.25, 0.3) is 0 Å². The van der Waals surface area contributed by atoms with Crippen molar-refractivity contribution in [2.45, 2.75) is 13.5 Å². The molecule has 0 unspecified atom stereocenters. The fraction of sp³-hybridized carbons (Fsp3) is 0.273. The Hall–Kier alpha value is -1.69. The van der Waals surface area contributed by atoms with Gasteiger partial charge >= 0.3 is 12.6 Å². The molecule has 0 heterocycles. The summed E-state index contributed by atoms with van der Waals surface area (Å²) < 4.78 is 33.2. The molecule has 0 aromatic heterocycles. The Balaban J connectivity index is 3.28. The molecule has 0 atom stereocenters. The minimum atomic E-state index is -3.14. The first-order valence-corrected chi connectivity index (χ1v) is 5.28. The Morgan fingerprint density at radius 2 is 2.17 bits per heavy atom. The van der Waals surface area contributed by atoms with Crippen molar-refractivity contribution in [3.8, 4) is 5.75 Å². The number of carbonyl (C=O) groups is 2. The van der Waals surface area contributed by atoms with E-state index in [9.17, 15) is 18.4 Å². The largest absolute Gasteiger partial charge is 0.462 e. The normalized spacial score (nSPS) is 10.3. The van der Waals surface area contributed by atoms with Crippen LogP contribution in [0.15, 0.2) is 12.1 Å². The van der Waals surface area contributed by atoms with Crippen LogP contribution >= 0.6 is 11.6 Å². The topological polar surface area (TPSA) is 52.6 Å². The van der Waals surface area contributed by atoms with Crippen LogP contribution in [-0.4, -0.2) is 25.5 Å². The summed E-state index contributed by atoms with van der Waals surface area (Å²) >= 11 is 5.68. The van der Waals surface area contributed by atoms with E-state index in [0.29, 0.717) is 6.29 Å². The molecule has 1 aromatic carbocycles. The molecule has 0 saturated heterocycles. The number of hydrogen-bond donors (Lipinski definition) is 0. The summed E-state index contributed by atoms with van der Waals surface area (Å²) in [7, 11) is 0. The highest BCUT2D eigenvalue weighted by molar-refractivity contribution is 6.33. The van der Waals surface area contributed by atoms with E-state index in [1.165, 1.54) is 0 Å². The van der Waals surface area contributed by atoms with Crippen molar-refractivity contribution in [1.29, 1.82) is 0 Å². The van der Waals surface area contributed by atoms with Gasteiger partial charge in [-0.1, -0.05) is 11.6 Å². The standard InChI is InChI=1S/C11H9ClF2O4/c1-2-17-10(16)7-3-6(5-15)4-8(12)9(7)18-11(13)14/h3-5,11H,2H2,1H3. The first kappa shape index (κ1) is 14.4. The molecule has 7 heteroatoms. The lowest BCUT2D eigenvalue weighted by molar-refractivity contribution is -0.0503. The second kappa shape index (κ2) is 6.30. The SMILES string of the molecule is CCOC(=O)c1cc(C=O)cc(Cl)c1OC(F)F. The van der Waals surface area contributed by atoms with E-state index >= 15 is 0 Å². The molecule has 1 rings (SSSR count). The molecule has 0 radical (unpaired) electrons. The maximum absolute atomic E-state index is 12.2. The van der Waals surface area contributed by atoms with E-state index in [2.05, 4.69) is 9.47 Å². The van der Waals surface area contributed by atoms with Crippen LogP contribution in [0, 0.1) is 0 Å². The zero-order valence-corrected chi connectivity index (χ0v) is 10.0. The van der Waals surface area contributed by atoms with Gasteiger partial charge in [-0.15, -0.1) is 0 Å². The molecule has 0 aliphatic heterocycles. The summed E-state index contributed by atoms with van der Waals surface area (Å²) in [6, 6.07) is 2.20. The fourth-order valence-electron chi connectivity index (χ4n) is 1.25. The molecule has 0 bridgehead atoms. The summed E-state index contributed by atoms with van der Waals surface area (Å²) in [6.07, 6.45) is 0.431. The van der Waals surface area contributed by atoms with Crippen molar-refractivity contribution in [3.63, 3.8) is 0 Å². The molecular formula is C11H9ClF2O4. The van der Waals surface area contributed by atoms with E-state index in [1.807, 2.05) is 0 Å². The predicted octanol–water partition coefficient (Wildman–Crippen LogP) is 2.93. The minimum Gasteiger partial charge on any atom is -0.462 e. The van der Waals surface area contributed by atoms with Gasteiger partial charge < -0.3 is 9.47 Å². The number of benzene rings is 1. The van der Waals surface area contributed by atoms with Gasteiger partial charge in [-0.25, -0.2) is 4.79 Å². The molecule has 4 nitrogen and oxygen atoms in total. The van der Waals surface area contributed by atoms with E-state index in [1.54, 1.807) is 6.92 Å². The van der Waals surface area contributed by atoms with Gasteiger partial charge in [0.2, 0.25) is 0 Å². The van der Waals surface area contributed by atoms with Crippen molar-refractivity contribution in [3.05, 3.63) is 28.3 Å². The van der Waals surface area contributed by atoms with Gasteiger partial charge in [-0.2, -0.15) is 8.78 Å². The van der Waals surface area contributed by atoms with Crippen LogP contribution in [0.3, 0.4) is 0 Å². The van der Waals surface area contributed by atoms with Crippen LogP contribution in [0.4, 0.5) is 8.78 Å². The molecule has 0 aliphatic carbocycles. The summed E-state index contributed by atoms with van der Waals surface area (Å²) in [5, 5.41) is -0.261. The monoisotopic (exact) mass is 278 g/mol. The van der Waals surface area contributed by atoms with Gasteiger partial charge in [-0.05, 0) is 19.1 Å². The number of esters is 1. The predicted molar refractivity (Wildman–Crippen MR) is 59.4 cm³/mol. The van der Waals surface area contributed by atoms with Gasteiger partial charge in [0, 0.05) is 5.56 Å². The van der Waals surface area contributed by atoms with Crippen molar-refractivity contribution in [2.75, 3.05) is 6.61 Å². The van der Waals surface area contributed by atoms with E-state index in [-0.39, 0.29) is 22.8 Å². The second-order valence-corrected chi connectivity index (χ2v) is 3.50. The third kappa shape index (κ3) is 3.40. The molecule has 0 amide bonds. The smallest absolute Gasteiger partial charge is 0.387 e. The maximum atomic E-state index is 12.2. The second-order valence-electron chi connectivity index (χ2n) is 3.10. The molecule has 18 heavy (non-hydrogen) atoms. The summed E-state index contributed by atoms with van der Waals surface area (Å²) in [4.78, 5) is 22.2. The fourth-order valence-corrected chi connectivity index (χ4v) is 1.52. The first-order valence-electron chi connectivity index (χ1n) is 4.90. The Morgan fingerprint density at radius 3 is 2.67 bits per heavy atom. The number of alkyl halides is 2. The molecule has 0 spiro atoms. The number of halogens is 3. The van der Waals surface area contributed by atoms with Crippen LogP contribution in [0.5, 0.6) is 5.75 Å². The zero-order chi connectivity index (χ0) is 13.7. The lowest BCUT2D eigenvalue weighted by atomic mass is 10.1. The maximum Gasteiger partial charge on any atom is 0.387 e. The van der Waals surface area contributed by atoms with Crippen LogP contribution in [-0.2, 0) is 4.74 Å². The molecule has 1 aromatic rings. The molecule has 98 valence electrons. The van der Waals surface area contributed by atoms with Gasteiger partial charge in [0.05, 0.1) is 11.6 Å². The van der Waals surface area contributed by atoms with E-state index in [0.717, 1.165) is 12.1 Å². The lowest BCUT2D eigenvalue weighted by Crippen LogP contribution is -2.11. The number of ether oxygens (including phenoxy) is 2. The Kier molecular flexibility index (Phi) is 5.03. The van der Waals surface area contributed by atoms with Crippen LogP contribution in [0.2, 0.25) is 5.02 Å². The highest BCUT2D eigenvalue weighted by atomic mass is 35.5. The molecule has 0 N–H and O–H groups in total. The van der Waals surface area contributed by atoms with E-state index < -0.39 is 18.3 Å². The number of rotatable bonds is 5. The Morgan fingerprint density at radius 1 is 1.50 bits per heavy atom. The Labute approximate surface area is 106 Å². The Bertz CT molecular complexity index is 463. The van der Waals surface area contributed by atoms with Gasteiger partial charge in [0.1, 0.15) is 11.8 Å². The van der Waals surface area contributed by atoms with Crippen molar-refractivity contribution < 1.29 is 27.8 Å². The number of carbonyl (C=O) groups excluding carboxylic acids is 2. The van der Waals surface area contributed by atoms with Gasteiger partial charge in [-0.3, -0.25) is 4.79 Å². The van der Waals surface area contributed by atoms with Gasteiger partial charge in [0.25, 0.3) is 0 Å². The zero-order valence-electron chi connectivity index (χ0n) is 9.28. The van der Waals surface area contributed by atoms with Gasteiger partial charge in [0.15, 0.2) is 5.75 Å². The van der Waals surface area contributed by atoms with Crippen LogP contribution in [0.1, 0.15) is 27.6 Å². The summed E-state index contributed by atoms with van der Waals surface area (Å²) in [5.74, 6) is -1.39. The van der Waals surface area contributed by atoms with E-state index in [4.69, 9.17) is 11.6 Å². The molecule has 0 aliphatic rings. The number of hydrogen-bond acceptors (Lipinski definition) is 4. The highest BCUT2D eigenvalue weighted by Gasteiger charge is 2.21. The quantitative estimate of drug-likeness (QED) is 0.614. The first-order chi connectivity index (χ1) is 8.49. The average Bonchev–Trinajstić information content (AvgIpc) is 2.31. The van der Waals surface area contributed by atoms with Crippen molar-refractivity contribution in [2.24, 2.45) is 0 Å². The summed E-state index contributed by atoms with van der Waals surface area (Å²) in [6.45, 7) is -1.54. The third-order valence-electron chi connectivity index (χ3n) is 1.90. The molecule has 0 fully saturated rings. The van der Waals surface area contributed by atoms with Crippen LogP contribution < -0.4 is 4.74 Å². The lowest BCUT2D eigenvalue weighted by Gasteiger charge is -2.12. The molecule has 0 saturated carbocycles. The van der Waals surface area contributed by atoms with Crippen molar-refractivity contribution in [1.82, 2.24) is 0 Å². The third-order valence-corrected chi connectivity index (χ3v) is 2.19. The highest BCUT2D eigenvalue weighted by Crippen LogP contribution is 2.32. The minimum absolute atomic E-state index is 0.0515. The average molecular weight is 279 g/mol. The number of aldehydes is 1. The van der Waals surface area contributed by atoms with Crippen molar-refractivity contribution >= 4 is 23.9 Å². The summed E-state index contributed by atoms with van der Waals surface area (Å²) in [5.41, 5.74) is -0.253.